The van der Waals surface area contributed by atoms with Crippen molar-refractivity contribution in [3.8, 4) is 0 Å². The van der Waals surface area contributed by atoms with E-state index >= 15 is 0 Å². The number of benzene rings is 1. The van der Waals surface area contributed by atoms with Crippen LogP contribution >= 0.6 is 0 Å². The molecule has 2 amide bonds. The quantitative estimate of drug-likeness (QED) is 0.689. The molecule has 0 saturated heterocycles. The Hall–Kier alpha value is -1.84. The van der Waals surface area contributed by atoms with E-state index in [4.69, 9.17) is 0 Å². The van der Waals surface area contributed by atoms with Crippen molar-refractivity contribution in [1.29, 1.82) is 0 Å². The second-order valence-corrected chi connectivity index (χ2v) is 6.29. The van der Waals surface area contributed by atoms with Gasteiger partial charge in [0.05, 0.1) is 0 Å². The molecule has 22 heavy (non-hydrogen) atoms. The monoisotopic (exact) mass is 304 g/mol. The van der Waals surface area contributed by atoms with Gasteiger partial charge in [-0.05, 0) is 30.2 Å². The number of carbonyl (C=O) groups excluding carboxylic acids is 2. The molecule has 1 aromatic rings. The van der Waals surface area contributed by atoms with Gasteiger partial charge < -0.3 is 10.6 Å². The van der Waals surface area contributed by atoms with Crippen LogP contribution in [0.1, 0.15) is 52.0 Å². The molecule has 0 aliphatic heterocycles. The predicted octanol–water partition coefficient (Wildman–Crippen LogP) is 2.78. The van der Waals surface area contributed by atoms with Crippen LogP contribution in [-0.2, 0) is 15.0 Å². The summed E-state index contributed by atoms with van der Waals surface area (Å²) in [6, 6.07) is 10.3. The van der Waals surface area contributed by atoms with Gasteiger partial charge in [0, 0.05) is 26.4 Å². The van der Waals surface area contributed by atoms with Crippen molar-refractivity contribution in [2.24, 2.45) is 0 Å². The van der Waals surface area contributed by atoms with Gasteiger partial charge in [0.1, 0.15) is 0 Å². The molecule has 0 aliphatic rings. The van der Waals surface area contributed by atoms with E-state index in [1.54, 1.807) is 0 Å². The summed E-state index contributed by atoms with van der Waals surface area (Å²) in [7, 11) is 0. The van der Waals surface area contributed by atoms with E-state index in [0.29, 0.717) is 19.5 Å². The Bertz CT molecular complexity index is 469. The summed E-state index contributed by atoms with van der Waals surface area (Å²) in [6.07, 6.45) is 3.13. The summed E-state index contributed by atoms with van der Waals surface area (Å²) in [5.74, 6) is 0.0933. The van der Waals surface area contributed by atoms with E-state index in [1.165, 1.54) is 12.5 Å². The molecule has 0 unspecified atom stereocenters. The Labute approximate surface area is 133 Å². The summed E-state index contributed by atoms with van der Waals surface area (Å²) >= 11 is 0. The van der Waals surface area contributed by atoms with Gasteiger partial charge in [-0.1, -0.05) is 44.2 Å². The summed E-state index contributed by atoms with van der Waals surface area (Å²) in [5.41, 5.74) is 1.27. The third-order valence-electron chi connectivity index (χ3n) is 3.83. The highest BCUT2D eigenvalue weighted by molar-refractivity contribution is 5.76. The van der Waals surface area contributed by atoms with Gasteiger partial charge in [-0.2, -0.15) is 0 Å². The Morgan fingerprint density at radius 2 is 1.59 bits per heavy atom. The minimum Gasteiger partial charge on any atom is -0.356 e. The summed E-state index contributed by atoms with van der Waals surface area (Å²) in [4.78, 5) is 22.6. The van der Waals surface area contributed by atoms with Gasteiger partial charge in [0.15, 0.2) is 0 Å². The highest BCUT2D eigenvalue weighted by atomic mass is 16.2. The maximum atomic E-state index is 11.9. The van der Waals surface area contributed by atoms with Gasteiger partial charge in [0.25, 0.3) is 0 Å². The standard InChI is InChI=1S/C18H28N2O2/c1-15(21)19-13-7-8-14-20-17(22)11-12-18(2,3)16-9-5-4-6-10-16/h4-6,9-10H,7-8,11-14H2,1-3H3,(H,19,21)(H,20,22). The Morgan fingerprint density at radius 1 is 1.00 bits per heavy atom. The molecule has 0 atom stereocenters. The number of carbonyl (C=O) groups is 2. The fraction of sp³-hybridized carbons (Fsp3) is 0.556. The minimum absolute atomic E-state index is 0.00398. The lowest BCUT2D eigenvalue weighted by atomic mass is 9.80. The number of hydrogen-bond donors (Lipinski definition) is 2. The van der Waals surface area contributed by atoms with Crippen LogP contribution < -0.4 is 10.6 Å². The van der Waals surface area contributed by atoms with Crippen LogP contribution in [0.25, 0.3) is 0 Å². The minimum atomic E-state index is -0.00724. The molecular weight excluding hydrogens is 276 g/mol. The molecular formula is C18H28N2O2. The molecule has 2 N–H and O–H groups in total. The molecule has 0 fully saturated rings. The highest BCUT2D eigenvalue weighted by Gasteiger charge is 2.21. The van der Waals surface area contributed by atoms with Crippen LogP contribution in [-0.4, -0.2) is 24.9 Å². The van der Waals surface area contributed by atoms with Gasteiger partial charge in [-0.3, -0.25) is 9.59 Å². The predicted molar refractivity (Wildman–Crippen MR) is 89.6 cm³/mol. The number of hydrogen-bond acceptors (Lipinski definition) is 2. The molecule has 122 valence electrons. The van der Waals surface area contributed by atoms with E-state index in [1.807, 2.05) is 18.2 Å². The molecule has 0 spiro atoms. The van der Waals surface area contributed by atoms with Crippen molar-refractivity contribution in [3.05, 3.63) is 35.9 Å². The zero-order valence-electron chi connectivity index (χ0n) is 13.9. The van der Waals surface area contributed by atoms with Crippen molar-refractivity contribution in [1.82, 2.24) is 10.6 Å². The van der Waals surface area contributed by atoms with E-state index in [9.17, 15) is 9.59 Å². The second-order valence-electron chi connectivity index (χ2n) is 6.29. The van der Waals surface area contributed by atoms with Crippen LogP contribution in [0.15, 0.2) is 30.3 Å². The average molecular weight is 304 g/mol. The van der Waals surface area contributed by atoms with Crippen LogP contribution in [0.5, 0.6) is 0 Å². The van der Waals surface area contributed by atoms with Crippen molar-refractivity contribution >= 4 is 11.8 Å². The lowest BCUT2D eigenvalue weighted by Crippen LogP contribution is -2.28. The summed E-state index contributed by atoms with van der Waals surface area (Å²) in [5, 5.41) is 5.69. The average Bonchev–Trinajstić information content (AvgIpc) is 2.49. The lowest BCUT2D eigenvalue weighted by molar-refractivity contribution is -0.121. The lowest BCUT2D eigenvalue weighted by Gasteiger charge is -2.25. The van der Waals surface area contributed by atoms with E-state index in [2.05, 4.69) is 36.6 Å². The van der Waals surface area contributed by atoms with E-state index in [-0.39, 0.29) is 17.2 Å². The van der Waals surface area contributed by atoms with Crippen molar-refractivity contribution in [3.63, 3.8) is 0 Å². The first-order chi connectivity index (χ1) is 10.4. The number of unbranched alkanes of at least 4 members (excludes halogenated alkanes) is 1. The third kappa shape index (κ3) is 7.25. The Balaban J connectivity index is 2.19. The van der Waals surface area contributed by atoms with Crippen LogP contribution in [0.4, 0.5) is 0 Å². The van der Waals surface area contributed by atoms with Crippen LogP contribution in [0.3, 0.4) is 0 Å². The summed E-state index contributed by atoms with van der Waals surface area (Å²) in [6.45, 7) is 7.19. The topological polar surface area (TPSA) is 58.2 Å². The largest absolute Gasteiger partial charge is 0.356 e. The molecule has 4 nitrogen and oxygen atoms in total. The van der Waals surface area contributed by atoms with Crippen molar-refractivity contribution in [2.75, 3.05) is 13.1 Å². The normalized spacial score (nSPS) is 11.0. The molecule has 0 aliphatic carbocycles. The second kappa shape index (κ2) is 9.23. The molecule has 0 heterocycles. The first kappa shape index (κ1) is 18.2. The molecule has 0 saturated carbocycles. The zero-order valence-corrected chi connectivity index (χ0v) is 13.9. The van der Waals surface area contributed by atoms with Gasteiger partial charge in [-0.25, -0.2) is 0 Å². The van der Waals surface area contributed by atoms with E-state index in [0.717, 1.165) is 19.3 Å². The molecule has 4 heteroatoms. The zero-order chi connectivity index (χ0) is 16.4. The smallest absolute Gasteiger partial charge is 0.220 e. The maximum Gasteiger partial charge on any atom is 0.220 e. The summed E-state index contributed by atoms with van der Waals surface area (Å²) < 4.78 is 0. The van der Waals surface area contributed by atoms with Crippen molar-refractivity contribution < 1.29 is 9.59 Å². The molecule has 1 rings (SSSR count). The fourth-order valence-electron chi connectivity index (χ4n) is 2.29. The van der Waals surface area contributed by atoms with Gasteiger partial charge >= 0.3 is 0 Å². The first-order valence-electron chi connectivity index (χ1n) is 7.98. The molecule has 0 aromatic heterocycles. The van der Waals surface area contributed by atoms with Crippen LogP contribution in [0, 0.1) is 0 Å². The van der Waals surface area contributed by atoms with Crippen LogP contribution in [0.2, 0.25) is 0 Å². The fourth-order valence-corrected chi connectivity index (χ4v) is 2.29. The SMILES string of the molecule is CC(=O)NCCCCNC(=O)CCC(C)(C)c1ccccc1. The Morgan fingerprint density at radius 3 is 2.18 bits per heavy atom. The molecule has 1 aromatic carbocycles. The molecule has 0 bridgehead atoms. The highest BCUT2D eigenvalue weighted by Crippen LogP contribution is 2.27. The first-order valence-corrected chi connectivity index (χ1v) is 7.98. The van der Waals surface area contributed by atoms with E-state index < -0.39 is 0 Å². The van der Waals surface area contributed by atoms with Crippen molar-refractivity contribution in [2.45, 2.75) is 51.9 Å². The van der Waals surface area contributed by atoms with Gasteiger partial charge in [0.2, 0.25) is 11.8 Å². The Kier molecular flexibility index (Phi) is 7.64. The number of amides is 2. The maximum absolute atomic E-state index is 11.9. The van der Waals surface area contributed by atoms with Gasteiger partial charge in [-0.15, -0.1) is 0 Å². The third-order valence-corrected chi connectivity index (χ3v) is 3.83. The molecule has 0 radical (unpaired) electrons. The number of rotatable bonds is 9. The number of nitrogens with one attached hydrogen (secondary N) is 2.